The molecule has 1 aliphatic rings. The number of hydrogen-bond acceptors (Lipinski definition) is 8. The van der Waals surface area contributed by atoms with Gasteiger partial charge in [-0.2, -0.15) is 4.80 Å². The van der Waals surface area contributed by atoms with Gasteiger partial charge in [-0.25, -0.2) is 0 Å². The number of carbonyl (C=O) groups is 2. The van der Waals surface area contributed by atoms with Crippen LogP contribution in [-0.2, 0) is 20.9 Å². The van der Waals surface area contributed by atoms with Crippen LogP contribution in [0.2, 0.25) is 0 Å². The molecule has 3 aromatic rings. The van der Waals surface area contributed by atoms with E-state index in [1.54, 1.807) is 41.6 Å². The largest absolute Gasteiger partial charge is 0.458 e. The zero-order chi connectivity index (χ0) is 25.0. The molecule has 2 atom stereocenters. The summed E-state index contributed by atoms with van der Waals surface area (Å²) in [6.45, 7) is 8.24. The summed E-state index contributed by atoms with van der Waals surface area (Å²) in [5.41, 5.74) is 0.177. The lowest BCUT2D eigenvalue weighted by molar-refractivity contribution is -0.144. The third-order valence-electron chi connectivity index (χ3n) is 5.52. The highest BCUT2D eigenvalue weighted by molar-refractivity contribution is 5.89. The van der Waals surface area contributed by atoms with Crippen LogP contribution < -0.4 is 5.32 Å². The van der Waals surface area contributed by atoms with E-state index in [0.29, 0.717) is 17.9 Å². The van der Waals surface area contributed by atoms with Gasteiger partial charge in [-0.3, -0.25) is 14.6 Å². The Balaban J connectivity index is 1.62. The fraction of sp³-hybridized carbons (Fsp3) is 0.500. The summed E-state index contributed by atoms with van der Waals surface area (Å²) in [6, 6.07) is 6.17. The highest BCUT2D eigenvalue weighted by atomic mass is 16.5. The number of amides is 2. The molecule has 2 unspecified atom stereocenters. The maximum atomic E-state index is 13.7. The Bertz CT molecular complexity index is 1150. The van der Waals surface area contributed by atoms with Gasteiger partial charge in [0.05, 0.1) is 6.10 Å². The van der Waals surface area contributed by atoms with E-state index in [4.69, 9.17) is 9.15 Å². The van der Waals surface area contributed by atoms with Crippen molar-refractivity contribution < 1.29 is 18.7 Å². The lowest BCUT2D eigenvalue weighted by atomic mass is 10.0. The first-order valence-corrected chi connectivity index (χ1v) is 11.7. The topological polar surface area (TPSA) is 128 Å². The molecule has 186 valence electrons. The third kappa shape index (κ3) is 6.30. The number of aromatic nitrogens is 5. The lowest BCUT2D eigenvalue weighted by Gasteiger charge is -2.34. The molecule has 1 saturated heterocycles. The molecule has 35 heavy (non-hydrogen) atoms. The molecule has 0 aliphatic carbocycles. The molecule has 1 aliphatic heterocycles. The predicted molar refractivity (Wildman–Crippen MR) is 126 cm³/mol. The van der Waals surface area contributed by atoms with Crippen LogP contribution in [0.4, 0.5) is 0 Å². The Kier molecular flexibility index (Phi) is 7.25. The fourth-order valence-electron chi connectivity index (χ4n) is 3.99. The zero-order valence-corrected chi connectivity index (χ0v) is 20.5. The Morgan fingerprint density at radius 3 is 2.63 bits per heavy atom. The van der Waals surface area contributed by atoms with Crippen molar-refractivity contribution in [2.45, 2.75) is 64.8 Å². The van der Waals surface area contributed by atoms with E-state index in [0.717, 1.165) is 18.6 Å². The Morgan fingerprint density at radius 1 is 1.23 bits per heavy atom. The van der Waals surface area contributed by atoms with Gasteiger partial charge in [0.1, 0.15) is 18.3 Å². The van der Waals surface area contributed by atoms with Crippen molar-refractivity contribution in [2.75, 3.05) is 13.2 Å². The Labute approximate surface area is 203 Å². The summed E-state index contributed by atoms with van der Waals surface area (Å²) in [5, 5.41) is 15.3. The van der Waals surface area contributed by atoms with Crippen molar-refractivity contribution in [3.8, 4) is 11.6 Å². The summed E-state index contributed by atoms with van der Waals surface area (Å²) >= 11 is 0. The van der Waals surface area contributed by atoms with Gasteiger partial charge in [-0.05, 0) is 75.6 Å². The summed E-state index contributed by atoms with van der Waals surface area (Å²) in [7, 11) is 0. The Morgan fingerprint density at radius 2 is 2.00 bits per heavy atom. The quantitative estimate of drug-likeness (QED) is 0.519. The summed E-state index contributed by atoms with van der Waals surface area (Å²) in [4.78, 5) is 34.0. The number of nitrogens with one attached hydrogen (secondary N) is 1. The van der Waals surface area contributed by atoms with E-state index in [9.17, 15) is 9.59 Å². The molecule has 11 heteroatoms. The van der Waals surface area contributed by atoms with Gasteiger partial charge >= 0.3 is 0 Å². The molecule has 1 N–H and O–H groups in total. The third-order valence-corrected chi connectivity index (χ3v) is 5.52. The number of rotatable bonds is 8. The second-order valence-corrected chi connectivity index (χ2v) is 9.66. The standard InChI is InChI=1S/C24H31N7O4/c1-16-7-8-19(35-16)22-27-29-31(28-22)15-20(32)30(14-18-6-5-13-34-18)21(17-9-11-25-12-10-17)23(33)26-24(2,3)4/h7-12,18,21H,5-6,13-15H2,1-4H3,(H,26,33). The van der Waals surface area contributed by atoms with Crippen LogP contribution in [0.25, 0.3) is 11.6 Å². The minimum Gasteiger partial charge on any atom is -0.458 e. The van der Waals surface area contributed by atoms with Crippen LogP contribution in [0.15, 0.2) is 41.1 Å². The number of tetrazole rings is 1. The van der Waals surface area contributed by atoms with Crippen LogP contribution >= 0.6 is 0 Å². The number of ether oxygens (including phenoxy) is 1. The van der Waals surface area contributed by atoms with Crippen molar-refractivity contribution in [2.24, 2.45) is 0 Å². The molecule has 0 saturated carbocycles. The summed E-state index contributed by atoms with van der Waals surface area (Å²) in [5.74, 6) is 0.865. The first kappa shape index (κ1) is 24.5. The molecular formula is C24H31N7O4. The van der Waals surface area contributed by atoms with E-state index >= 15 is 0 Å². The van der Waals surface area contributed by atoms with E-state index < -0.39 is 11.6 Å². The predicted octanol–water partition coefficient (Wildman–Crippen LogP) is 2.30. The number of nitrogens with zero attached hydrogens (tertiary/aromatic N) is 6. The van der Waals surface area contributed by atoms with Crippen molar-refractivity contribution in [1.82, 2.24) is 35.4 Å². The van der Waals surface area contributed by atoms with Crippen molar-refractivity contribution in [1.29, 1.82) is 0 Å². The molecule has 2 amide bonds. The minimum atomic E-state index is -0.871. The number of carbonyl (C=O) groups excluding carboxylic acids is 2. The zero-order valence-electron chi connectivity index (χ0n) is 20.5. The summed E-state index contributed by atoms with van der Waals surface area (Å²) < 4.78 is 11.4. The van der Waals surface area contributed by atoms with Crippen LogP contribution in [0, 0.1) is 6.92 Å². The maximum absolute atomic E-state index is 13.7. The average molecular weight is 482 g/mol. The molecule has 0 bridgehead atoms. The van der Waals surface area contributed by atoms with Gasteiger partial charge in [0.25, 0.3) is 0 Å². The number of hydrogen-bond donors (Lipinski definition) is 1. The smallest absolute Gasteiger partial charge is 0.247 e. The molecule has 0 spiro atoms. The second kappa shape index (κ2) is 10.3. The van der Waals surface area contributed by atoms with Crippen LogP contribution in [-0.4, -0.2) is 66.7 Å². The van der Waals surface area contributed by atoms with Gasteiger partial charge in [0.15, 0.2) is 5.76 Å². The molecular weight excluding hydrogens is 450 g/mol. The fourth-order valence-corrected chi connectivity index (χ4v) is 3.99. The monoisotopic (exact) mass is 481 g/mol. The lowest BCUT2D eigenvalue weighted by Crippen LogP contribution is -2.51. The van der Waals surface area contributed by atoms with Crippen LogP contribution in [0.1, 0.15) is 51.0 Å². The van der Waals surface area contributed by atoms with Gasteiger partial charge in [-0.1, -0.05) is 0 Å². The molecule has 0 aromatic carbocycles. The van der Waals surface area contributed by atoms with Gasteiger partial charge < -0.3 is 19.4 Å². The SMILES string of the molecule is Cc1ccc(-c2nnn(CC(=O)N(CC3CCCO3)C(C(=O)NC(C)(C)C)c3ccncc3)n2)o1. The second-order valence-electron chi connectivity index (χ2n) is 9.66. The molecule has 4 heterocycles. The Hall–Kier alpha value is -3.60. The van der Waals surface area contributed by atoms with Crippen LogP contribution in [0.3, 0.4) is 0 Å². The highest BCUT2D eigenvalue weighted by Crippen LogP contribution is 2.25. The molecule has 0 radical (unpaired) electrons. The van der Waals surface area contributed by atoms with Crippen molar-refractivity contribution >= 4 is 11.8 Å². The van der Waals surface area contributed by atoms with Crippen molar-refractivity contribution in [3.05, 3.63) is 48.0 Å². The highest BCUT2D eigenvalue weighted by Gasteiger charge is 2.35. The van der Waals surface area contributed by atoms with Crippen molar-refractivity contribution in [3.63, 3.8) is 0 Å². The minimum absolute atomic E-state index is 0.156. The average Bonchev–Trinajstić information content (AvgIpc) is 3.55. The molecule has 3 aromatic heterocycles. The van der Waals surface area contributed by atoms with E-state index in [-0.39, 0.29) is 36.8 Å². The van der Waals surface area contributed by atoms with E-state index in [1.807, 2.05) is 27.7 Å². The maximum Gasteiger partial charge on any atom is 0.247 e. The molecule has 4 rings (SSSR count). The number of pyridine rings is 1. The molecule has 11 nitrogen and oxygen atoms in total. The van der Waals surface area contributed by atoms with Gasteiger partial charge in [0.2, 0.25) is 17.6 Å². The van der Waals surface area contributed by atoms with Gasteiger partial charge in [-0.15, -0.1) is 10.2 Å². The normalized spacial score (nSPS) is 16.7. The number of furan rings is 1. The first-order chi connectivity index (χ1) is 16.7. The van der Waals surface area contributed by atoms with E-state index in [1.165, 1.54) is 4.80 Å². The summed E-state index contributed by atoms with van der Waals surface area (Å²) in [6.07, 6.45) is 4.79. The van der Waals surface area contributed by atoms with Gasteiger partial charge in [0, 0.05) is 31.1 Å². The van der Waals surface area contributed by atoms with Crippen LogP contribution in [0.5, 0.6) is 0 Å². The number of aryl methyl sites for hydroxylation is 1. The van der Waals surface area contributed by atoms with E-state index in [2.05, 4.69) is 25.7 Å². The molecule has 1 fully saturated rings. The first-order valence-electron chi connectivity index (χ1n) is 11.7.